The molecule has 1 atom stereocenters. The lowest BCUT2D eigenvalue weighted by Crippen LogP contribution is -2.53. The molecule has 10 heteroatoms. The predicted molar refractivity (Wildman–Crippen MR) is 184 cm³/mol. The van der Waals surface area contributed by atoms with Crippen LogP contribution in [0.4, 0.5) is 5.69 Å². The van der Waals surface area contributed by atoms with Gasteiger partial charge >= 0.3 is 0 Å². The molecule has 236 valence electrons. The summed E-state index contributed by atoms with van der Waals surface area (Å²) in [5.41, 5.74) is 2.93. The standard InChI is InChI=1S/C35H37BrClN3O4S/c1-25(2)22-38-35(42)33(21-27-8-5-4-6-9-27)39(23-28-10-7-11-29(36)20-28)34(41)24-40(31-16-12-26(3)13-17-31)45(43,44)32-18-14-30(37)15-19-32/h4-20,25,33H,21-24H2,1-3H3,(H,38,42)/t33-/m0/s1. The molecule has 0 fully saturated rings. The molecule has 2 amide bonds. The number of hydrogen-bond donors (Lipinski definition) is 1. The Kier molecular flexibility index (Phi) is 11.8. The highest BCUT2D eigenvalue weighted by Crippen LogP contribution is 2.26. The van der Waals surface area contributed by atoms with E-state index in [4.69, 9.17) is 11.6 Å². The van der Waals surface area contributed by atoms with Gasteiger partial charge in [-0.05, 0) is 72.5 Å². The molecule has 0 aliphatic carbocycles. The maximum absolute atomic E-state index is 14.5. The van der Waals surface area contributed by atoms with Crippen LogP contribution in [-0.4, -0.2) is 44.3 Å². The van der Waals surface area contributed by atoms with Crippen molar-refractivity contribution >= 4 is 55.1 Å². The van der Waals surface area contributed by atoms with Crippen LogP contribution in [0.1, 0.15) is 30.5 Å². The number of benzene rings is 4. The minimum atomic E-state index is -4.20. The van der Waals surface area contributed by atoms with E-state index in [-0.39, 0.29) is 29.7 Å². The third-order valence-electron chi connectivity index (χ3n) is 7.20. The zero-order valence-electron chi connectivity index (χ0n) is 25.5. The zero-order chi connectivity index (χ0) is 32.6. The average molecular weight is 711 g/mol. The van der Waals surface area contributed by atoms with Crippen molar-refractivity contribution in [3.63, 3.8) is 0 Å². The number of nitrogens with zero attached hydrogens (tertiary/aromatic N) is 2. The second-order valence-electron chi connectivity index (χ2n) is 11.3. The first kappa shape index (κ1) is 34.2. The van der Waals surface area contributed by atoms with Gasteiger partial charge in [0.25, 0.3) is 10.0 Å². The van der Waals surface area contributed by atoms with Crippen LogP contribution in [0.2, 0.25) is 5.02 Å². The zero-order valence-corrected chi connectivity index (χ0v) is 28.6. The fraction of sp³-hybridized carbons (Fsp3) is 0.257. The predicted octanol–water partition coefficient (Wildman–Crippen LogP) is 7.02. The number of carbonyl (C=O) groups is 2. The van der Waals surface area contributed by atoms with E-state index in [9.17, 15) is 18.0 Å². The van der Waals surface area contributed by atoms with Crippen molar-refractivity contribution < 1.29 is 18.0 Å². The molecule has 4 aromatic carbocycles. The van der Waals surface area contributed by atoms with Gasteiger partial charge < -0.3 is 10.2 Å². The molecule has 0 saturated heterocycles. The van der Waals surface area contributed by atoms with Crippen LogP contribution in [0.25, 0.3) is 0 Å². The summed E-state index contributed by atoms with van der Waals surface area (Å²) >= 11 is 9.56. The molecule has 0 aromatic heterocycles. The van der Waals surface area contributed by atoms with Gasteiger partial charge in [-0.25, -0.2) is 8.42 Å². The van der Waals surface area contributed by atoms with Crippen LogP contribution in [0, 0.1) is 12.8 Å². The van der Waals surface area contributed by atoms with Gasteiger partial charge in [0.15, 0.2) is 0 Å². The number of hydrogen-bond acceptors (Lipinski definition) is 4. The lowest BCUT2D eigenvalue weighted by atomic mass is 10.0. The van der Waals surface area contributed by atoms with E-state index in [1.165, 1.54) is 29.2 Å². The fourth-order valence-electron chi connectivity index (χ4n) is 4.78. The Balaban J connectivity index is 1.79. The molecule has 0 aliphatic rings. The molecule has 0 unspecified atom stereocenters. The van der Waals surface area contributed by atoms with E-state index >= 15 is 0 Å². The van der Waals surface area contributed by atoms with Gasteiger partial charge in [-0.15, -0.1) is 0 Å². The minimum absolute atomic E-state index is 0.00525. The SMILES string of the molecule is Cc1ccc(N(CC(=O)N(Cc2cccc(Br)c2)[C@@H](Cc2ccccc2)C(=O)NCC(C)C)S(=O)(=O)c2ccc(Cl)cc2)cc1. The first-order valence-corrected chi connectivity index (χ1v) is 17.3. The van der Waals surface area contributed by atoms with Crippen molar-refractivity contribution in [1.29, 1.82) is 0 Å². The monoisotopic (exact) mass is 709 g/mol. The number of aryl methyl sites for hydroxylation is 1. The van der Waals surface area contributed by atoms with Crippen molar-refractivity contribution in [2.45, 2.75) is 44.7 Å². The van der Waals surface area contributed by atoms with Gasteiger partial charge in [-0.1, -0.05) is 102 Å². The highest BCUT2D eigenvalue weighted by atomic mass is 79.9. The summed E-state index contributed by atoms with van der Waals surface area (Å²) < 4.78 is 30.1. The maximum atomic E-state index is 14.5. The first-order valence-electron chi connectivity index (χ1n) is 14.6. The summed E-state index contributed by atoms with van der Waals surface area (Å²) in [6.45, 7) is 5.90. The Morgan fingerprint density at radius 1 is 0.867 bits per heavy atom. The topological polar surface area (TPSA) is 86.8 Å². The molecule has 45 heavy (non-hydrogen) atoms. The number of amides is 2. The van der Waals surface area contributed by atoms with E-state index in [0.717, 1.165) is 25.5 Å². The lowest BCUT2D eigenvalue weighted by Gasteiger charge is -2.34. The molecule has 0 bridgehead atoms. The van der Waals surface area contributed by atoms with E-state index in [0.29, 0.717) is 17.3 Å². The number of anilines is 1. The molecule has 4 rings (SSSR count). The summed E-state index contributed by atoms with van der Waals surface area (Å²) in [5.74, 6) is -0.630. The Morgan fingerprint density at radius 3 is 2.13 bits per heavy atom. The molecule has 0 aliphatic heterocycles. The number of rotatable bonds is 13. The molecule has 1 N–H and O–H groups in total. The highest BCUT2D eigenvalue weighted by Gasteiger charge is 2.34. The maximum Gasteiger partial charge on any atom is 0.264 e. The fourth-order valence-corrected chi connectivity index (χ4v) is 6.77. The van der Waals surface area contributed by atoms with Gasteiger partial charge in [0.2, 0.25) is 11.8 Å². The van der Waals surface area contributed by atoms with Crippen molar-refractivity contribution in [3.8, 4) is 0 Å². The van der Waals surface area contributed by atoms with Gasteiger partial charge in [-0.2, -0.15) is 0 Å². The largest absolute Gasteiger partial charge is 0.354 e. The molecular weight excluding hydrogens is 674 g/mol. The normalized spacial score (nSPS) is 12.0. The molecule has 7 nitrogen and oxygen atoms in total. The third-order valence-corrected chi connectivity index (χ3v) is 9.73. The van der Waals surface area contributed by atoms with Gasteiger partial charge in [0.1, 0.15) is 12.6 Å². The average Bonchev–Trinajstić information content (AvgIpc) is 3.01. The Hall–Kier alpha value is -3.66. The molecule has 0 saturated carbocycles. The van der Waals surface area contributed by atoms with Crippen LogP contribution in [-0.2, 0) is 32.6 Å². The van der Waals surface area contributed by atoms with Gasteiger partial charge in [0.05, 0.1) is 10.6 Å². The Labute approximate surface area is 279 Å². The van der Waals surface area contributed by atoms with Crippen molar-refractivity contribution in [2.75, 3.05) is 17.4 Å². The second kappa shape index (κ2) is 15.6. The highest BCUT2D eigenvalue weighted by molar-refractivity contribution is 9.10. The molecule has 0 radical (unpaired) electrons. The summed E-state index contributed by atoms with van der Waals surface area (Å²) in [6, 6.07) is 28.8. The molecule has 4 aromatic rings. The molecule has 0 spiro atoms. The van der Waals surface area contributed by atoms with Crippen LogP contribution < -0.4 is 9.62 Å². The van der Waals surface area contributed by atoms with E-state index in [1.54, 1.807) is 24.3 Å². The second-order valence-corrected chi connectivity index (χ2v) is 14.5. The summed E-state index contributed by atoms with van der Waals surface area (Å²) in [6.07, 6.45) is 0.249. The van der Waals surface area contributed by atoms with Gasteiger partial charge in [0, 0.05) is 29.0 Å². The van der Waals surface area contributed by atoms with E-state index < -0.39 is 28.5 Å². The number of sulfonamides is 1. The smallest absolute Gasteiger partial charge is 0.264 e. The molecule has 0 heterocycles. The number of halogens is 2. The van der Waals surface area contributed by atoms with Crippen LogP contribution in [0.3, 0.4) is 0 Å². The van der Waals surface area contributed by atoms with Crippen LogP contribution in [0.15, 0.2) is 112 Å². The number of nitrogens with one attached hydrogen (secondary N) is 1. The lowest BCUT2D eigenvalue weighted by molar-refractivity contribution is -0.140. The number of carbonyl (C=O) groups excluding carboxylic acids is 2. The minimum Gasteiger partial charge on any atom is -0.354 e. The Bertz CT molecular complexity index is 1700. The van der Waals surface area contributed by atoms with Crippen LogP contribution >= 0.6 is 27.5 Å². The van der Waals surface area contributed by atoms with Gasteiger partial charge in [-0.3, -0.25) is 13.9 Å². The van der Waals surface area contributed by atoms with Crippen LogP contribution in [0.5, 0.6) is 0 Å². The van der Waals surface area contributed by atoms with Crippen molar-refractivity contribution in [2.24, 2.45) is 5.92 Å². The summed E-state index contributed by atoms with van der Waals surface area (Å²) in [7, 11) is -4.20. The van der Waals surface area contributed by atoms with E-state index in [2.05, 4.69) is 21.2 Å². The first-order chi connectivity index (χ1) is 21.4. The Morgan fingerprint density at radius 2 is 1.51 bits per heavy atom. The third kappa shape index (κ3) is 9.42. The van der Waals surface area contributed by atoms with E-state index in [1.807, 2.05) is 75.4 Å². The summed E-state index contributed by atoms with van der Waals surface area (Å²) in [4.78, 5) is 29.8. The summed E-state index contributed by atoms with van der Waals surface area (Å²) in [5, 5.41) is 3.39. The quantitative estimate of drug-likeness (QED) is 0.162. The molecular formula is C35H37BrClN3O4S. The van der Waals surface area contributed by atoms with Crippen molar-refractivity contribution in [3.05, 3.63) is 129 Å². The van der Waals surface area contributed by atoms with Crippen molar-refractivity contribution in [1.82, 2.24) is 10.2 Å².